The minimum Gasteiger partial charge on any atom is -0.377 e. The number of hydrogen-bond acceptors (Lipinski definition) is 3. The van der Waals surface area contributed by atoms with Crippen molar-refractivity contribution in [3.8, 4) is 0 Å². The lowest BCUT2D eigenvalue weighted by molar-refractivity contribution is 0.0813. The van der Waals surface area contributed by atoms with Gasteiger partial charge in [-0.05, 0) is 33.2 Å². The van der Waals surface area contributed by atoms with E-state index in [4.69, 9.17) is 4.74 Å². The van der Waals surface area contributed by atoms with E-state index >= 15 is 0 Å². The summed E-state index contributed by atoms with van der Waals surface area (Å²) >= 11 is 0. The molecule has 1 fully saturated rings. The first-order chi connectivity index (χ1) is 7.72. The van der Waals surface area contributed by atoms with Gasteiger partial charge in [0.15, 0.2) is 0 Å². The van der Waals surface area contributed by atoms with Gasteiger partial charge in [-0.2, -0.15) is 0 Å². The Morgan fingerprint density at radius 2 is 2.31 bits per heavy atom. The van der Waals surface area contributed by atoms with Crippen molar-refractivity contribution >= 4 is 0 Å². The monoisotopic (exact) mass is 228 g/mol. The zero-order chi connectivity index (χ0) is 11.8. The molecule has 1 heterocycles. The van der Waals surface area contributed by atoms with Crippen molar-refractivity contribution in [2.24, 2.45) is 0 Å². The Balaban J connectivity index is 1.98. The van der Waals surface area contributed by atoms with Gasteiger partial charge in [0.1, 0.15) is 0 Å². The third kappa shape index (κ3) is 5.83. The van der Waals surface area contributed by atoms with Crippen molar-refractivity contribution in [3.63, 3.8) is 0 Å². The molecule has 0 aliphatic carbocycles. The maximum atomic E-state index is 5.63. The summed E-state index contributed by atoms with van der Waals surface area (Å²) in [6, 6.07) is 0.654. The molecule has 1 aliphatic rings. The van der Waals surface area contributed by atoms with E-state index in [2.05, 4.69) is 31.1 Å². The lowest BCUT2D eigenvalue weighted by Gasteiger charge is -2.21. The van der Waals surface area contributed by atoms with Crippen LogP contribution in [0.5, 0.6) is 0 Å². The highest BCUT2D eigenvalue weighted by Crippen LogP contribution is 2.12. The number of hydrogen-bond donors (Lipinski definition) is 1. The number of nitrogens with zero attached hydrogens (tertiary/aromatic N) is 1. The first kappa shape index (κ1) is 13.9. The molecule has 1 rings (SSSR count). The van der Waals surface area contributed by atoms with Crippen LogP contribution >= 0.6 is 0 Å². The van der Waals surface area contributed by atoms with Crippen LogP contribution < -0.4 is 5.32 Å². The Kier molecular flexibility index (Phi) is 7.01. The second-order valence-corrected chi connectivity index (χ2v) is 5.04. The van der Waals surface area contributed by atoms with E-state index in [-0.39, 0.29) is 0 Å². The molecule has 2 atom stereocenters. The maximum Gasteiger partial charge on any atom is 0.0702 e. The fraction of sp³-hybridized carbons (Fsp3) is 1.00. The molecule has 0 bridgehead atoms. The molecule has 96 valence electrons. The standard InChI is InChI=1S/C13H28N2O/c1-4-6-12(2)14-8-9-15(3)11-13-7-5-10-16-13/h12-14H,4-11H2,1-3H3. The van der Waals surface area contributed by atoms with Gasteiger partial charge in [-0.3, -0.25) is 0 Å². The number of rotatable bonds is 8. The summed E-state index contributed by atoms with van der Waals surface area (Å²) in [5.41, 5.74) is 0. The molecule has 0 amide bonds. The van der Waals surface area contributed by atoms with E-state index in [1.165, 1.54) is 25.7 Å². The Labute approximate surface area is 101 Å². The number of likely N-dealkylation sites (N-methyl/N-ethyl adjacent to an activating group) is 1. The highest BCUT2D eigenvalue weighted by atomic mass is 16.5. The lowest BCUT2D eigenvalue weighted by Crippen LogP contribution is -2.37. The van der Waals surface area contributed by atoms with Crippen molar-refractivity contribution in [2.75, 3.05) is 33.3 Å². The summed E-state index contributed by atoms with van der Waals surface area (Å²) < 4.78 is 5.63. The molecule has 0 spiro atoms. The molecular formula is C13H28N2O. The highest BCUT2D eigenvalue weighted by molar-refractivity contribution is 4.69. The van der Waals surface area contributed by atoms with Crippen molar-refractivity contribution in [2.45, 2.75) is 51.7 Å². The zero-order valence-electron chi connectivity index (χ0n) is 11.2. The van der Waals surface area contributed by atoms with Crippen molar-refractivity contribution in [1.29, 1.82) is 0 Å². The summed E-state index contributed by atoms with van der Waals surface area (Å²) in [6.45, 7) is 8.76. The average molecular weight is 228 g/mol. The SMILES string of the molecule is CCCC(C)NCCN(C)CC1CCCO1. The van der Waals surface area contributed by atoms with E-state index in [1.54, 1.807) is 0 Å². The quantitative estimate of drug-likeness (QED) is 0.686. The zero-order valence-corrected chi connectivity index (χ0v) is 11.2. The molecule has 3 nitrogen and oxygen atoms in total. The van der Waals surface area contributed by atoms with Crippen LogP contribution in [0.15, 0.2) is 0 Å². The van der Waals surface area contributed by atoms with Crippen LogP contribution in [0.4, 0.5) is 0 Å². The van der Waals surface area contributed by atoms with Gasteiger partial charge in [0.25, 0.3) is 0 Å². The van der Waals surface area contributed by atoms with E-state index < -0.39 is 0 Å². The van der Waals surface area contributed by atoms with Gasteiger partial charge in [0.05, 0.1) is 6.10 Å². The van der Waals surface area contributed by atoms with Crippen LogP contribution in [0.1, 0.15) is 39.5 Å². The molecular weight excluding hydrogens is 200 g/mol. The summed E-state index contributed by atoms with van der Waals surface area (Å²) in [5.74, 6) is 0. The average Bonchev–Trinajstić information content (AvgIpc) is 2.70. The van der Waals surface area contributed by atoms with Crippen LogP contribution in [-0.4, -0.2) is 50.3 Å². The van der Waals surface area contributed by atoms with Gasteiger partial charge in [-0.15, -0.1) is 0 Å². The lowest BCUT2D eigenvalue weighted by atomic mass is 10.2. The van der Waals surface area contributed by atoms with Gasteiger partial charge >= 0.3 is 0 Å². The fourth-order valence-electron chi connectivity index (χ4n) is 2.26. The molecule has 3 heteroatoms. The highest BCUT2D eigenvalue weighted by Gasteiger charge is 2.16. The van der Waals surface area contributed by atoms with Gasteiger partial charge in [-0.1, -0.05) is 13.3 Å². The van der Waals surface area contributed by atoms with E-state index in [0.29, 0.717) is 12.1 Å². The Morgan fingerprint density at radius 1 is 1.50 bits per heavy atom. The molecule has 0 radical (unpaired) electrons. The summed E-state index contributed by atoms with van der Waals surface area (Å²) in [4.78, 5) is 2.38. The summed E-state index contributed by atoms with van der Waals surface area (Å²) in [6.07, 6.45) is 5.50. The molecule has 0 saturated carbocycles. The van der Waals surface area contributed by atoms with Crippen LogP contribution in [0, 0.1) is 0 Å². The minimum absolute atomic E-state index is 0.484. The van der Waals surface area contributed by atoms with E-state index in [0.717, 1.165) is 26.2 Å². The van der Waals surface area contributed by atoms with Crippen LogP contribution in [0.3, 0.4) is 0 Å². The van der Waals surface area contributed by atoms with Gasteiger partial charge in [0.2, 0.25) is 0 Å². The maximum absolute atomic E-state index is 5.63. The number of nitrogens with one attached hydrogen (secondary N) is 1. The van der Waals surface area contributed by atoms with Crippen LogP contribution in [0.25, 0.3) is 0 Å². The van der Waals surface area contributed by atoms with Gasteiger partial charge in [0, 0.05) is 32.3 Å². The third-order valence-electron chi connectivity index (χ3n) is 3.25. The molecule has 1 N–H and O–H groups in total. The summed E-state index contributed by atoms with van der Waals surface area (Å²) in [7, 11) is 2.19. The minimum atomic E-state index is 0.484. The second kappa shape index (κ2) is 8.04. The van der Waals surface area contributed by atoms with Gasteiger partial charge < -0.3 is 15.0 Å². The molecule has 0 aromatic carbocycles. The molecule has 2 unspecified atom stereocenters. The molecule has 16 heavy (non-hydrogen) atoms. The first-order valence-electron chi connectivity index (χ1n) is 6.76. The van der Waals surface area contributed by atoms with E-state index in [9.17, 15) is 0 Å². The topological polar surface area (TPSA) is 24.5 Å². The van der Waals surface area contributed by atoms with Crippen molar-refractivity contribution < 1.29 is 4.74 Å². The predicted molar refractivity (Wildman–Crippen MR) is 68.8 cm³/mol. The van der Waals surface area contributed by atoms with Crippen LogP contribution in [-0.2, 0) is 4.74 Å². The third-order valence-corrected chi connectivity index (χ3v) is 3.25. The van der Waals surface area contributed by atoms with Gasteiger partial charge in [-0.25, -0.2) is 0 Å². The Bertz CT molecular complexity index is 169. The second-order valence-electron chi connectivity index (χ2n) is 5.04. The Hall–Kier alpha value is -0.120. The Morgan fingerprint density at radius 3 is 2.94 bits per heavy atom. The summed E-state index contributed by atoms with van der Waals surface area (Å²) in [5, 5.41) is 3.56. The normalized spacial score (nSPS) is 22.9. The smallest absolute Gasteiger partial charge is 0.0702 e. The van der Waals surface area contributed by atoms with Crippen molar-refractivity contribution in [1.82, 2.24) is 10.2 Å². The molecule has 1 saturated heterocycles. The number of ether oxygens (including phenoxy) is 1. The molecule has 0 aromatic heterocycles. The van der Waals surface area contributed by atoms with Crippen molar-refractivity contribution in [3.05, 3.63) is 0 Å². The molecule has 0 aromatic rings. The predicted octanol–water partition coefficient (Wildman–Crippen LogP) is 1.88. The first-order valence-corrected chi connectivity index (χ1v) is 6.76. The molecule has 1 aliphatic heterocycles. The largest absolute Gasteiger partial charge is 0.377 e. The fourth-order valence-corrected chi connectivity index (χ4v) is 2.26. The van der Waals surface area contributed by atoms with Crippen LogP contribution in [0.2, 0.25) is 0 Å². The van der Waals surface area contributed by atoms with E-state index in [1.807, 2.05) is 0 Å².